The quantitative estimate of drug-likeness (QED) is 0.591. The zero-order valence-corrected chi connectivity index (χ0v) is 13.8. The molecule has 4 N–H and O–H groups in total. The molecule has 1 amide bonds. The van der Waals surface area contributed by atoms with Gasteiger partial charge in [0.2, 0.25) is 0 Å². The summed E-state index contributed by atoms with van der Waals surface area (Å²) in [5, 5.41) is 30.7. The molecule has 1 aromatic carbocycles. The highest BCUT2D eigenvalue weighted by molar-refractivity contribution is 6.03. The van der Waals surface area contributed by atoms with Crippen LogP contribution in [0.15, 0.2) is 29.2 Å². The number of phenolic OH excluding ortho intramolecular Hbond substituents is 1. The van der Waals surface area contributed by atoms with Gasteiger partial charge in [-0.05, 0) is 25.1 Å². The van der Waals surface area contributed by atoms with Gasteiger partial charge in [-0.3, -0.25) is 9.36 Å². The zero-order chi connectivity index (χ0) is 19.9. The second-order valence-electron chi connectivity index (χ2n) is 5.96. The first-order valence-electron chi connectivity index (χ1n) is 7.79. The highest BCUT2D eigenvalue weighted by Crippen LogP contribution is 2.28. The Bertz CT molecular complexity index is 950. The van der Waals surface area contributed by atoms with Crippen LogP contribution in [-0.2, 0) is 4.74 Å². The Kier molecular flexibility index (Phi) is 4.91. The van der Waals surface area contributed by atoms with Gasteiger partial charge in [-0.2, -0.15) is 4.98 Å². The van der Waals surface area contributed by atoms with E-state index in [1.165, 1.54) is 6.92 Å². The molecule has 2 aromatic rings. The number of nitrogens with one attached hydrogen (secondary N) is 1. The van der Waals surface area contributed by atoms with Crippen LogP contribution in [0.4, 0.5) is 14.6 Å². The van der Waals surface area contributed by atoms with Gasteiger partial charge >= 0.3 is 5.69 Å². The van der Waals surface area contributed by atoms with E-state index in [4.69, 9.17) is 9.84 Å². The molecular weight excluding hydrogens is 368 g/mol. The molecule has 9 nitrogen and oxygen atoms in total. The Morgan fingerprint density at radius 3 is 2.56 bits per heavy atom. The van der Waals surface area contributed by atoms with Crippen LogP contribution in [0.3, 0.4) is 0 Å². The second kappa shape index (κ2) is 7.02. The Morgan fingerprint density at radius 2 is 1.96 bits per heavy atom. The monoisotopic (exact) mass is 383 g/mol. The molecule has 3 rings (SSSR count). The van der Waals surface area contributed by atoms with E-state index >= 15 is 0 Å². The highest BCUT2D eigenvalue weighted by atomic mass is 19.1. The van der Waals surface area contributed by atoms with Crippen LogP contribution < -0.4 is 11.0 Å². The van der Waals surface area contributed by atoms with E-state index in [1.54, 1.807) is 0 Å². The molecule has 0 bridgehead atoms. The van der Waals surface area contributed by atoms with E-state index in [-0.39, 0.29) is 5.56 Å². The van der Waals surface area contributed by atoms with Crippen LogP contribution in [0.1, 0.15) is 23.5 Å². The maximum atomic E-state index is 14.3. The highest BCUT2D eigenvalue weighted by Gasteiger charge is 2.42. The molecule has 0 saturated carbocycles. The van der Waals surface area contributed by atoms with Crippen LogP contribution in [0, 0.1) is 11.6 Å². The van der Waals surface area contributed by atoms with E-state index in [9.17, 15) is 28.6 Å². The predicted octanol–water partition coefficient (Wildman–Crippen LogP) is 0.118. The van der Waals surface area contributed by atoms with Gasteiger partial charge < -0.3 is 25.4 Å². The van der Waals surface area contributed by atoms with Crippen LogP contribution in [0.5, 0.6) is 5.75 Å². The standard InChI is InChI=1S/C16H15F2N3O6/c1-6-11(23)12(24)15(27-6)21-5-9(18)13(20-16(21)26)19-14(25)7-2-3-10(22)8(17)4-7/h2-6,11-12,15,22-24H,1H3,(H,19,20,25,26)/t6-,11-,12-,15-/m1/s1. The van der Waals surface area contributed by atoms with Crippen molar-refractivity contribution in [2.24, 2.45) is 0 Å². The van der Waals surface area contributed by atoms with Gasteiger partial charge in [-0.15, -0.1) is 0 Å². The Morgan fingerprint density at radius 1 is 1.26 bits per heavy atom. The van der Waals surface area contributed by atoms with Gasteiger partial charge in [0.05, 0.1) is 12.3 Å². The molecule has 0 aliphatic carbocycles. The molecule has 2 heterocycles. The summed E-state index contributed by atoms with van der Waals surface area (Å²) in [5.74, 6) is -4.50. The molecule has 1 aromatic heterocycles. The van der Waals surface area contributed by atoms with Gasteiger partial charge in [-0.25, -0.2) is 13.6 Å². The van der Waals surface area contributed by atoms with Crippen molar-refractivity contribution in [1.29, 1.82) is 0 Å². The normalized spacial score (nSPS) is 24.8. The van der Waals surface area contributed by atoms with Gasteiger partial charge in [0.25, 0.3) is 5.91 Å². The van der Waals surface area contributed by atoms with Crippen molar-refractivity contribution < 1.29 is 33.6 Å². The minimum absolute atomic E-state index is 0.234. The number of aromatic nitrogens is 2. The van der Waals surface area contributed by atoms with E-state index in [1.807, 2.05) is 5.32 Å². The Balaban J connectivity index is 1.86. The summed E-state index contributed by atoms with van der Waals surface area (Å²) >= 11 is 0. The molecule has 4 atom stereocenters. The van der Waals surface area contributed by atoms with Crippen molar-refractivity contribution in [2.75, 3.05) is 5.32 Å². The van der Waals surface area contributed by atoms with Gasteiger partial charge in [0, 0.05) is 5.56 Å². The number of phenols is 1. The third-order valence-electron chi connectivity index (χ3n) is 4.10. The SMILES string of the molecule is C[C@H]1O[C@@H](n2cc(F)c(NC(=O)c3ccc(O)c(F)c3)nc2=O)[C@H](O)[C@@H]1O. The van der Waals surface area contributed by atoms with E-state index in [0.717, 1.165) is 18.2 Å². The van der Waals surface area contributed by atoms with E-state index in [2.05, 4.69) is 4.98 Å². The maximum Gasteiger partial charge on any atom is 0.351 e. The van der Waals surface area contributed by atoms with E-state index in [0.29, 0.717) is 10.8 Å². The molecular formula is C16H15F2N3O6. The number of amides is 1. The average Bonchev–Trinajstić information content (AvgIpc) is 2.87. The molecule has 1 aliphatic heterocycles. The lowest BCUT2D eigenvalue weighted by atomic mass is 10.1. The maximum absolute atomic E-state index is 14.3. The summed E-state index contributed by atoms with van der Waals surface area (Å²) in [6.07, 6.45) is -4.21. The Labute approximate surface area is 150 Å². The lowest BCUT2D eigenvalue weighted by Gasteiger charge is -2.17. The number of aliphatic hydroxyl groups is 2. The number of ether oxygens (including phenoxy) is 1. The minimum atomic E-state index is -1.47. The summed E-state index contributed by atoms with van der Waals surface area (Å²) < 4.78 is 33.5. The summed E-state index contributed by atoms with van der Waals surface area (Å²) in [5.41, 5.74) is -1.28. The molecule has 1 saturated heterocycles. The van der Waals surface area contributed by atoms with Gasteiger partial charge in [0.1, 0.15) is 12.2 Å². The number of hydrogen-bond donors (Lipinski definition) is 4. The number of aliphatic hydroxyl groups excluding tert-OH is 2. The number of aromatic hydroxyl groups is 1. The van der Waals surface area contributed by atoms with Crippen LogP contribution in [0.2, 0.25) is 0 Å². The number of hydrogen-bond acceptors (Lipinski definition) is 7. The second-order valence-corrected chi connectivity index (χ2v) is 5.96. The summed E-state index contributed by atoms with van der Waals surface area (Å²) in [7, 11) is 0. The third-order valence-corrected chi connectivity index (χ3v) is 4.10. The number of halogens is 2. The van der Waals surface area contributed by atoms with Crippen LogP contribution in [0.25, 0.3) is 0 Å². The minimum Gasteiger partial charge on any atom is -0.505 e. The van der Waals surface area contributed by atoms with Crippen molar-refractivity contribution in [3.63, 3.8) is 0 Å². The van der Waals surface area contributed by atoms with Crippen molar-refractivity contribution in [3.8, 4) is 5.75 Å². The summed E-state index contributed by atoms with van der Waals surface area (Å²) in [6.45, 7) is 1.47. The summed E-state index contributed by atoms with van der Waals surface area (Å²) in [4.78, 5) is 27.6. The number of nitrogens with zero attached hydrogens (tertiary/aromatic N) is 2. The van der Waals surface area contributed by atoms with Crippen molar-refractivity contribution in [2.45, 2.75) is 31.5 Å². The smallest absolute Gasteiger partial charge is 0.351 e. The van der Waals surface area contributed by atoms with Gasteiger partial charge in [-0.1, -0.05) is 0 Å². The molecule has 0 spiro atoms. The fourth-order valence-electron chi connectivity index (χ4n) is 2.60. The predicted molar refractivity (Wildman–Crippen MR) is 86.1 cm³/mol. The first-order chi connectivity index (χ1) is 12.7. The lowest BCUT2D eigenvalue weighted by Crippen LogP contribution is -2.36. The number of anilines is 1. The largest absolute Gasteiger partial charge is 0.505 e. The topological polar surface area (TPSA) is 134 Å². The molecule has 0 unspecified atom stereocenters. The number of benzene rings is 1. The molecule has 144 valence electrons. The van der Waals surface area contributed by atoms with E-state index < -0.39 is 59.3 Å². The number of carbonyl (C=O) groups is 1. The molecule has 1 aliphatic rings. The fraction of sp³-hybridized carbons (Fsp3) is 0.312. The van der Waals surface area contributed by atoms with Gasteiger partial charge in [0.15, 0.2) is 29.4 Å². The zero-order valence-electron chi connectivity index (χ0n) is 13.8. The Hall–Kier alpha value is -2.89. The number of carbonyl (C=O) groups excluding carboxylic acids is 1. The third kappa shape index (κ3) is 3.52. The van der Waals surface area contributed by atoms with Crippen molar-refractivity contribution in [1.82, 2.24) is 9.55 Å². The van der Waals surface area contributed by atoms with Crippen LogP contribution in [-0.4, -0.2) is 49.1 Å². The first-order valence-corrected chi connectivity index (χ1v) is 7.79. The van der Waals surface area contributed by atoms with Crippen molar-refractivity contribution >= 4 is 11.7 Å². The molecule has 0 radical (unpaired) electrons. The summed E-state index contributed by atoms with van der Waals surface area (Å²) in [6, 6.07) is 2.77. The fourth-order valence-corrected chi connectivity index (χ4v) is 2.60. The average molecular weight is 383 g/mol. The molecule has 1 fully saturated rings. The number of rotatable bonds is 3. The lowest BCUT2D eigenvalue weighted by molar-refractivity contribution is -0.0355. The van der Waals surface area contributed by atoms with Crippen LogP contribution >= 0.6 is 0 Å². The molecule has 27 heavy (non-hydrogen) atoms. The van der Waals surface area contributed by atoms with Crippen molar-refractivity contribution in [3.05, 3.63) is 52.1 Å². The first kappa shape index (κ1) is 18.9. The molecule has 11 heteroatoms.